The number of carbonyl (C=O) groups excluding carboxylic acids is 1. The summed E-state index contributed by atoms with van der Waals surface area (Å²) in [6.45, 7) is 4.86. The fourth-order valence-corrected chi connectivity index (χ4v) is 4.11. The fraction of sp³-hybridized carbons (Fsp3) is 0.364. The summed E-state index contributed by atoms with van der Waals surface area (Å²) in [7, 11) is -3.58. The number of hydrogen-bond acceptors (Lipinski definition) is 6. The normalized spacial score (nSPS) is 14.7. The van der Waals surface area contributed by atoms with Crippen LogP contribution in [0.3, 0.4) is 0 Å². The second-order valence-corrected chi connectivity index (χ2v) is 9.58. The first-order chi connectivity index (χ1) is 15.3. The molecule has 0 unspecified atom stereocenters. The summed E-state index contributed by atoms with van der Waals surface area (Å²) >= 11 is 0. The average Bonchev–Trinajstić information content (AvgIpc) is 2.79. The number of piperazine rings is 1. The zero-order valence-corrected chi connectivity index (χ0v) is 18.8. The molecule has 0 radical (unpaired) electrons. The highest BCUT2D eigenvalue weighted by molar-refractivity contribution is 7.92. The Hall–Kier alpha value is -3.11. The van der Waals surface area contributed by atoms with Gasteiger partial charge in [-0.25, -0.2) is 13.2 Å². The van der Waals surface area contributed by atoms with Crippen LogP contribution in [0, 0.1) is 0 Å². The minimum atomic E-state index is -3.58. The molecule has 0 spiro atoms. The molecule has 1 amide bonds. The van der Waals surface area contributed by atoms with Gasteiger partial charge in [0, 0.05) is 38.4 Å². The van der Waals surface area contributed by atoms with Crippen molar-refractivity contribution in [2.45, 2.75) is 13.5 Å². The molecule has 10 heteroatoms. The van der Waals surface area contributed by atoms with Crippen molar-refractivity contribution in [2.24, 2.45) is 0 Å². The number of carbonyl (C=O) groups is 2. The van der Waals surface area contributed by atoms with Crippen LogP contribution in [0.5, 0.6) is 0 Å². The molecule has 1 fully saturated rings. The number of anilines is 2. The van der Waals surface area contributed by atoms with Gasteiger partial charge in [-0.05, 0) is 30.7 Å². The quantitative estimate of drug-likeness (QED) is 0.520. The molecule has 172 valence electrons. The zero-order chi connectivity index (χ0) is 23.1. The highest BCUT2D eigenvalue weighted by Crippen LogP contribution is 2.25. The molecule has 2 aromatic rings. The van der Waals surface area contributed by atoms with Gasteiger partial charge in [0.2, 0.25) is 15.9 Å². The molecule has 1 heterocycles. The summed E-state index contributed by atoms with van der Waals surface area (Å²) in [5.41, 5.74) is 1.71. The van der Waals surface area contributed by atoms with Crippen LogP contribution in [0.4, 0.5) is 11.4 Å². The number of amides is 1. The number of nitrogens with one attached hydrogen (secondary N) is 2. The van der Waals surface area contributed by atoms with Gasteiger partial charge in [-0.15, -0.1) is 0 Å². The third kappa shape index (κ3) is 6.44. The molecule has 1 aliphatic rings. The van der Waals surface area contributed by atoms with Crippen LogP contribution in [0.25, 0.3) is 0 Å². The number of carboxylic acids is 1. The number of rotatable bonds is 9. The molecule has 9 nitrogen and oxygen atoms in total. The molecule has 3 N–H and O–H groups in total. The molecule has 2 aromatic carbocycles. The van der Waals surface area contributed by atoms with Crippen molar-refractivity contribution in [1.82, 2.24) is 10.2 Å². The Bertz CT molecular complexity index is 1050. The van der Waals surface area contributed by atoms with Gasteiger partial charge in [0.1, 0.15) is 0 Å². The fourth-order valence-electron chi connectivity index (χ4n) is 3.45. The molecular weight excluding hydrogens is 432 g/mol. The predicted octanol–water partition coefficient (Wildman–Crippen LogP) is 1.58. The van der Waals surface area contributed by atoms with Gasteiger partial charge in [0.25, 0.3) is 0 Å². The van der Waals surface area contributed by atoms with Crippen LogP contribution in [-0.2, 0) is 21.4 Å². The van der Waals surface area contributed by atoms with Crippen molar-refractivity contribution in [1.29, 1.82) is 0 Å². The SMILES string of the molecule is CCS(=O)(=O)Nc1ccc(N2CCN(CC(=O)NCc3ccccc3)CC2)cc1C(=O)O. The van der Waals surface area contributed by atoms with Crippen LogP contribution in [-0.4, -0.2) is 68.8 Å². The Balaban J connectivity index is 1.55. The lowest BCUT2D eigenvalue weighted by atomic mass is 10.1. The Morgan fingerprint density at radius 2 is 1.72 bits per heavy atom. The molecule has 0 aromatic heterocycles. The number of benzene rings is 2. The topological polar surface area (TPSA) is 119 Å². The van der Waals surface area contributed by atoms with Crippen molar-refractivity contribution in [3.8, 4) is 0 Å². The van der Waals surface area contributed by atoms with Crippen molar-refractivity contribution in [2.75, 3.05) is 48.1 Å². The lowest BCUT2D eigenvalue weighted by molar-refractivity contribution is -0.122. The van der Waals surface area contributed by atoms with E-state index in [0.29, 0.717) is 45.0 Å². The highest BCUT2D eigenvalue weighted by atomic mass is 32.2. The lowest BCUT2D eigenvalue weighted by Crippen LogP contribution is -2.49. The van der Waals surface area contributed by atoms with Gasteiger partial charge in [-0.1, -0.05) is 30.3 Å². The first-order valence-corrected chi connectivity index (χ1v) is 12.1. The van der Waals surface area contributed by atoms with Crippen molar-refractivity contribution < 1.29 is 23.1 Å². The van der Waals surface area contributed by atoms with E-state index >= 15 is 0 Å². The maximum Gasteiger partial charge on any atom is 0.337 e. The molecule has 0 atom stereocenters. The molecule has 1 saturated heterocycles. The molecule has 0 saturated carbocycles. The number of nitrogens with zero attached hydrogens (tertiary/aromatic N) is 2. The van der Waals surface area contributed by atoms with Crippen LogP contribution in [0.1, 0.15) is 22.8 Å². The first kappa shape index (κ1) is 23.6. The Morgan fingerprint density at radius 1 is 1.03 bits per heavy atom. The summed E-state index contributed by atoms with van der Waals surface area (Å²) < 4.78 is 26.0. The molecule has 32 heavy (non-hydrogen) atoms. The third-order valence-electron chi connectivity index (χ3n) is 5.32. The minimum absolute atomic E-state index is 0.0389. The van der Waals surface area contributed by atoms with Gasteiger partial charge in [0.15, 0.2) is 0 Å². The van der Waals surface area contributed by atoms with Crippen molar-refractivity contribution >= 4 is 33.3 Å². The number of aromatic carboxylic acids is 1. The van der Waals surface area contributed by atoms with Gasteiger partial charge < -0.3 is 15.3 Å². The van der Waals surface area contributed by atoms with Crippen LogP contribution >= 0.6 is 0 Å². The summed E-state index contributed by atoms with van der Waals surface area (Å²) in [4.78, 5) is 28.0. The van der Waals surface area contributed by atoms with E-state index in [2.05, 4.69) is 14.9 Å². The average molecular weight is 461 g/mol. The maximum absolute atomic E-state index is 12.2. The van der Waals surface area contributed by atoms with Gasteiger partial charge in [-0.3, -0.25) is 14.4 Å². The van der Waals surface area contributed by atoms with Crippen LogP contribution in [0.2, 0.25) is 0 Å². The first-order valence-electron chi connectivity index (χ1n) is 10.4. The largest absolute Gasteiger partial charge is 0.478 e. The zero-order valence-electron chi connectivity index (χ0n) is 18.0. The van der Waals surface area contributed by atoms with E-state index in [4.69, 9.17) is 0 Å². The summed E-state index contributed by atoms with van der Waals surface area (Å²) in [5.74, 6) is -1.38. The van der Waals surface area contributed by atoms with Crippen LogP contribution < -0.4 is 14.9 Å². The van der Waals surface area contributed by atoms with E-state index in [9.17, 15) is 23.1 Å². The molecule has 3 rings (SSSR count). The second kappa shape index (κ2) is 10.5. The smallest absolute Gasteiger partial charge is 0.337 e. The molecule has 0 bridgehead atoms. The lowest BCUT2D eigenvalue weighted by Gasteiger charge is -2.36. The van der Waals surface area contributed by atoms with Crippen molar-refractivity contribution in [3.63, 3.8) is 0 Å². The van der Waals surface area contributed by atoms with E-state index in [1.807, 2.05) is 35.2 Å². The van der Waals surface area contributed by atoms with E-state index in [0.717, 1.165) is 5.56 Å². The Morgan fingerprint density at radius 3 is 2.34 bits per heavy atom. The van der Waals surface area contributed by atoms with E-state index in [-0.39, 0.29) is 22.9 Å². The summed E-state index contributed by atoms with van der Waals surface area (Å²) in [5, 5.41) is 12.4. The van der Waals surface area contributed by atoms with E-state index < -0.39 is 16.0 Å². The molecule has 0 aliphatic carbocycles. The summed E-state index contributed by atoms with van der Waals surface area (Å²) in [6.07, 6.45) is 0. The molecule has 1 aliphatic heterocycles. The minimum Gasteiger partial charge on any atom is -0.478 e. The van der Waals surface area contributed by atoms with Crippen LogP contribution in [0.15, 0.2) is 48.5 Å². The third-order valence-corrected chi connectivity index (χ3v) is 6.61. The molecular formula is C22H28N4O5S. The monoisotopic (exact) mass is 460 g/mol. The summed E-state index contributed by atoms with van der Waals surface area (Å²) in [6, 6.07) is 14.4. The Kier molecular flexibility index (Phi) is 7.70. The Labute approximate surface area is 188 Å². The van der Waals surface area contributed by atoms with Gasteiger partial charge in [-0.2, -0.15) is 0 Å². The maximum atomic E-state index is 12.2. The number of sulfonamides is 1. The van der Waals surface area contributed by atoms with E-state index in [1.165, 1.54) is 19.1 Å². The highest BCUT2D eigenvalue weighted by Gasteiger charge is 2.22. The van der Waals surface area contributed by atoms with E-state index in [1.54, 1.807) is 6.07 Å². The number of hydrogen-bond donors (Lipinski definition) is 3. The van der Waals surface area contributed by atoms with Gasteiger partial charge in [0.05, 0.1) is 23.5 Å². The standard InChI is InChI=1S/C22H28N4O5S/c1-2-32(30,31)24-20-9-8-18(14-19(20)22(28)29)26-12-10-25(11-13-26)16-21(27)23-15-17-6-4-3-5-7-17/h3-9,14,24H,2,10-13,15-16H2,1H3,(H,23,27)(H,28,29). The van der Waals surface area contributed by atoms with Crippen molar-refractivity contribution in [3.05, 3.63) is 59.7 Å². The van der Waals surface area contributed by atoms with Gasteiger partial charge >= 0.3 is 5.97 Å². The number of carboxylic acid groups (broad SMARTS) is 1. The predicted molar refractivity (Wildman–Crippen MR) is 123 cm³/mol. The second-order valence-electron chi connectivity index (χ2n) is 7.57.